The standard InChI is InChI=1S/C21H19N3O3/c1-14-12-18(20(25)23-22-13-16-8-4-3-5-9-16)15(2)24(14)19-11-7-6-10-17(19)21(26)27/h3-13H,1-2H3,(H,23,25)(H,26,27)/b22-13+. The van der Waals surface area contributed by atoms with Gasteiger partial charge in [0, 0.05) is 11.4 Å². The highest BCUT2D eigenvalue weighted by molar-refractivity contribution is 5.97. The fourth-order valence-electron chi connectivity index (χ4n) is 2.98. The Morgan fingerprint density at radius 3 is 2.37 bits per heavy atom. The van der Waals surface area contributed by atoms with E-state index in [2.05, 4.69) is 10.5 Å². The SMILES string of the molecule is Cc1cc(C(=O)N/N=C/c2ccccc2)c(C)n1-c1ccccc1C(=O)O. The number of aromatic nitrogens is 1. The number of hydrogen-bond acceptors (Lipinski definition) is 3. The van der Waals surface area contributed by atoms with Crippen molar-refractivity contribution in [3.8, 4) is 5.69 Å². The molecular weight excluding hydrogens is 342 g/mol. The van der Waals surface area contributed by atoms with Crippen molar-refractivity contribution in [1.29, 1.82) is 0 Å². The molecule has 0 bridgehead atoms. The fraction of sp³-hybridized carbons (Fsp3) is 0.0952. The van der Waals surface area contributed by atoms with Crippen molar-refractivity contribution in [2.45, 2.75) is 13.8 Å². The van der Waals surface area contributed by atoms with Gasteiger partial charge < -0.3 is 9.67 Å². The number of aromatic carboxylic acids is 1. The zero-order valence-electron chi connectivity index (χ0n) is 15.0. The van der Waals surface area contributed by atoms with Gasteiger partial charge >= 0.3 is 5.97 Å². The molecule has 0 radical (unpaired) electrons. The Labute approximate surface area is 156 Å². The van der Waals surface area contributed by atoms with E-state index in [0.717, 1.165) is 11.3 Å². The van der Waals surface area contributed by atoms with E-state index in [1.54, 1.807) is 48.0 Å². The van der Waals surface area contributed by atoms with Gasteiger partial charge in [0.15, 0.2) is 0 Å². The van der Waals surface area contributed by atoms with E-state index in [4.69, 9.17) is 0 Å². The van der Waals surface area contributed by atoms with Crippen LogP contribution in [0.1, 0.15) is 37.7 Å². The number of carbonyl (C=O) groups is 2. The molecule has 0 aliphatic carbocycles. The van der Waals surface area contributed by atoms with Gasteiger partial charge in [-0.3, -0.25) is 4.79 Å². The Morgan fingerprint density at radius 1 is 1.00 bits per heavy atom. The molecule has 3 aromatic rings. The molecule has 6 heteroatoms. The second-order valence-electron chi connectivity index (χ2n) is 6.05. The Kier molecular flexibility index (Phi) is 5.17. The lowest BCUT2D eigenvalue weighted by atomic mass is 10.1. The van der Waals surface area contributed by atoms with Crippen molar-refractivity contribution in [2.75, 3.05) is 0 Å². The number of aryl methyl sites for hydroxylation is 1. The minimum absolute atomic E-state index is 0.174. The lowest BCUT2D eigenvalue weighted by molar-refractivity contribution is 0.0696. The van der Waals surface area contributed by atoms with Crippen LogP contribution in [0, 0.1) is 13.8 Å². The van der Waals surface area contributed by atoms with Gasteiger partial charge in [-0.1, -0.05) is 42.5 Å². The molecule has 6 nitrogen and oxygen atoms in total. The molecule has 2 aromatic carbocycles. The van der Waals surface area contributed by atoms with E-state index in [1.807, 2.05) is 37.3 Å². The van der Waals surface area contributed by atoms with E-state index in [-0.39, 0.29) is 11.5 Å². The number of carboxylic acids is 1. The highest BCUT2D eigenvalue weighted by atomic mass is 16.4. The Morgan fingerprint density at radius 2 is 1.67 bits per heavy atom. The Balaban J connectivity index is 1.89. The van der Waals surface area contributed by atoms with Crippen LogP contribution in [0.25, 0.3) is 5.69 Å². The zero-order chi connectivity index (χ0) is 19.4. The van der Waals surface area contributed by atoms with Crippen LogP contribution in [0.2, 0.25) is 0 Å². The summed E-state index contributed by atoms with van der Waals surface area (Å²) < 4.78 is 1.76. The number of nitrogens with one attached hydrogen (secondary N) is 1. The molecule has 1 aromatic heterocycles. The van der Waals surface area contributed by atoms with Crippen LogP contribution in [0.3, 0.4) is 0 Å². The number of hydrazone groups is 1. The lowest BCUT2D eigenvalue weighted by Crippen LogP contribution is -2.18. The predicted molar refractivity (Wildman–Crippen MR) is 104 cm³/mol. The van der Waals surface area contributed by atoms with Crippen molar-refractivity contribution in [3.63, 3.8) is 0 Å². The maximum absolute atomic E-state index is 12.5. The summed E-state index contributed by atoms with van der Waals surface area (Å²) in [6, 6.07) is 17.9. The number of amides is 1. The molecule has 136 valence electrons. The summed E-state index contributed by atoms with van der Waals surface area (Å²) in [6.45, 7) is 3.61. The first-order valence-electron chi connectivity index (χ1n) is 8.39. The van der Waals surface area contributed by atoms with Crippen LogP contribution in [0.4, 0.5) is 0 Å². The molecule has 2 N–H and O–H groups in total. The number of rotatable bonds is 5. The van der Waals surface area contributed by atoms with Crippen molar-refractivity contribution in [3.05, 3.63) is 88.7 Å². The van der Waals surface area contributed by atoms with Crippen molar-refractivity contribution in [1.82, 2.24) is 9.99 Å². The molecule has 0 aliphatic heterocycles. The number of carboxylic acid groups (broad SMARTS) is 1. The molecule has 0 spiro atoms. The Hall–Kier alpha value is -3.67. The minimum atomic E-state index is -1.02. The summed E-state index contributed by atoms with van der Waals surface area (Å²) in [5.41, 5.74) is 5.94. The number of para-hydroxylation sites is 1. The topological polar surface area (TPSA) is 83.7 Å². The summed E-state index contributed by atoms with van der Waals surface area (Å²) in [5.74, 6) is -1.37. The van der Waals surface area contributed by atoms with Gasteiger partial charge in [-0.2, -0.15) is 5.10 Å². The number of carbonyl (C=O) groups excluding carboxylic acids is 1. The zero-order valence-corrected chi connectivity index (χ0v) is 15.0. The maximum atomic E-state index is 12.5. The Bertz CT molecular complexity index is 1020. The molecule has 27 heavy (non-hydrogen) atoms. The van der Waals surface area contributed by atoms with Gasteiger partial charge in [0.1, 0.15) is 0 Å². The molecule has 0 saturated heterocycles. The lowest BCUT2D eigenvalue weighted by Gasteiger charge is -2.12. The highest BCUT2D eigenvalue weighted by Gasteiger charge is 2.19. The molecule has 0 aliphatic rings. The van der Waals surface area contributed by atoms with Gasteiger partial charge in [0.25, 0.3) is 5.91 Å². The van der Waals surface area contributed by atoms with Crippen LogP contribution >= 0.6 is 0 Å². The second kappa shape index (κ2) is 7.70. The average Bonchev–Trinajstić information content (AvgIpc) is 2.96. The van der Waals surface area contributed by atoms with Crippen LogP contribution in [0.15, 0.2) is 65.8 Å². The monoisotopic (exact) mass is 361 g/mol. The summed E-state index contributed by atoms with van der Waals surface area (Å²) in [4.78, 5) is 24.0. The van der Waals surface area contributed by atoms with Crippen molar-refractivity contribution in [2.24, 2.45) is 5.10 Å². The number of hydrogen-bond donors (Lipinski definition) is 2. The second-order valence-corrected chi connectivity index (χ2v) is 6.05. The fourth-order valence-corrected chi connectivity index (χ4v) is 2.98. The first-order valence-corrected chi connectivity index (χ1v) is 8.39. The van der Waals surface area contributed by atoms with E-state index in [9.17, 15) is 14.7 Å². The third-order valence-electron chi connectivity index (χ3n) is 4.23. The van der Waals surface area contributed by atoms with Crippen molar-refractivity contribution >= 4 is 18.1 Å². The summed E-state index contributed by atoms with van der Waals surface area (Å²) in [5, 5.41) is 13.4. The van der Waals surface area contributed by atoms with Gasteiger partial charge in [0.05, 0.1) is 23.0 Å². The van der Waals surface area contributed by atoms with E-state index < -0.39 is 5.97 Å². The van der Waals surface area contributed by atoms with Crippen LogP contribution in [-0.4, -0.2) is 27.8 Å². The first kappa shape index (κ1) is 18.1. The third-order valence-corrected chi connectivity index (χ3v) is 4.23. The van der Waals surface area contributed by atoms with Gasteiger partial charge in [0.2, 0.25) is 0 Å². The highest BCUT2D eigenvalue weighted by Crippen LogP contribution is 2.23. The number of benzene rings is 2. The summed E-state index contributed by atoms with van der Waals surface area (Å²) in [7, 11) is 0. The third kappa shape index (κ3) is 3.79. The molecule has 0 saturated carbocycles. The largest absolute Gasteiger partial charge is 0.478 e. The van der Waals surface area contributed by atoms with Crippen LogP contribution in [0.5, 0.6) is 0 Å². The van der Waals surface area contributed by atoms with Crippen LogP contribution < -0.4 is 5.43 Å². The predicted octanol–water partition coefficient (Wildman–Crippen LogP) is 3.56. The summed E-state index contributed by atoms with van der Waals surface area (Å²) in [6.07, 6.45) is 1.57. The molecule has 3 rings (SSSR count). The van der Waals surface area contributed by atoms with Gasteiger partial charge in [-0.15, -0.1) is 0 Å². The molecular formula is C21H19N3O3. The summed E-state index contributed by atoms with van der Waals surface area (Å²) >= 11 is 0. The average molecular weight is 361 g/mol. The molecule has 1 amide bonds. The van der Waals surface area contributed by atoms with Crippen LogP contribution in [-0.2, 0) is 0 Å². The normalized spacial score (nSPS) is 10.9. The maximum Gasteiger partial charge on any atom is 0.337 e. The van der Waals surface area contributed by atoms with Gasteiger partial charge in [-0.25, -0.2) is 10.2 Å². The molecule has 0 fully saturated rings. The molecule has 0 atom stereocenters. The number of nitrogens with zero attached hydrogens (tertiary/aromatic N) is 2. The van der Waals surface area contributed by atoms with E-state index >= 15 is 0 Å². The molecule has 0 unspecified atom stereocenters. The first-order chi connectivity index (χ1) is 13.0. The van der Waals surface area contributed by atoms with Crippen molar-refractivity contribution < 1.29 is 14.7 Å². The quantitative estimate of drug-likeness (QED) is 0.538. The van der Waals surface area contributed by atoms with Gasteiger partial charge in [-0.05, 0) is 37.6 Å². The van der Waals surface area contributed by atoms with E-state index in [1.165, 1.54) is 0 Å². The molecule has 1 heterocycles. The minimum Gasteiger partial charge on any atom is -0.478 e. The smallest absolute Gasteiger partial charge is 0.337 e. The van der Waals surface area contributed by atoms with E-state index in [0.29, 0.717) is 16.9 Å².